The fourth-order valence-corrected chi connectivity index (χ4v) is 4.63. The summed E-state index contributed by atoms with van der Waals surface area (Å²) in [7, 11) is 0. The molecule has 0 saturated heterocycles. The molecule has 5 nitrogen and oxygen atoms in total. The van der Waals surface area contributed by atoms with Gasteiger partial charge in [0.15, 0.2) is 14.1 Å². The van der Waals surface area contributed by atoms with Gasteiger partial charge in [-0.05, 0) is 49.8 Å². The molecule has 3 rings (SSSR count). The summed E-state index contributed by atoms with van der Waals surface area (Å²) in [5.41, 5.74) is 3.03. The molecule has 2 aromatic carbocycles. The first-order valence-electron chi connectivity index (χ1n) is 8.14. The number of nitrogens with one attached hydrogen (secondary N) is 1. The maximum atomic E-state index is 12.3. The summed E-state index contributed by atoms with van der Waals surface area (Å²) in [6.45, 7) is 3.48. The van der Waals surface area contributed by atoms with Crippen LogP contribution in [0.25, 0.3) is 5.69 Å². The van der Waals surface area contributed by atoms with Crippen molar-refractivity contribution in [3.8, 4) is 5.69 Å². The molecule has 0 aliphatic carbocycles. The van der Waals surface area contributed by atoms with E-state index in [1.54, 1.807) is 28.9 Å². The van der Waals surface area contributed by atoms with Gasteiger partial charge in [-0.1, -0.05) is 53.4 Å². The minimum atomic E-state index is -0.197. The summed E-state index contributed by atoms with van der Waals surface area (Å²) in [6.07, 6.45) is 0. The van der Waals surface area contributed by atoms with Crippen LogP contribution in [-0.2, 0) is 4.79 Å². The Hall–Kier alpha value is -2.29. The zero-order valence-corrected chi connectivity index (χ0v) is 17.2. The second-order valence-electron chi connectivity index (χ2n) is 5.77. The SMILES string of the molecule is CC(=O)c1ccccc1NC(=O)CSc1nn(-c2ccccc2C)c(=S)s1. The molecule has 0 bridgehead atoms. The normalized spacial score (nSPS) is 10.6. The van der Waals surface area contributed by atoms with Crippen LogP contribution in [0.1, 0.15) is 22.8 Å². The van der Waals surface area contributed by atoms with Crippen LogP contribution in [0.15, 0.2) is 52.9 Å². The molecule has 0 spiro atoms. The fourth-order valence-electron chi connectivity index (χ4n) is 2.49. The zero-order valence-electron chi connectivity index (χ0n) is 14.8. The van der Waals surface area contributed by atoms with Gasteiger partial charge in [0, 0.05) is 5.56 Å². The highest BCUT2D eigenvalue weighted by molar-refractivity contribution is 8.01. The summed E-state index contributed by atoms with van der Waals surface area (Å²) >= 11 is 8.10. The monoisotopic (exact) mass is 415 g/mol. The lowest BCUT2D eigenvalue weighted by Gasteiger charge is -2.08. The molecule has 0 atom stereocenters. The molecule has 1 N–H and O–H groups in total. The van der Waals surface area contributed by atoms with Gasteiger partial charge in [0.1, 0.15) is 0 Å². The summed E-state index contributed by atoms with van der Waals surface area (Å²) in [4.78, 5) is 23.9. The molecule has 0 fully saturated rings. The molecule has 27 heavy (non-hydrogen) atoms. The van der Waals surface area contributed by atoms with Crippen molar-refractivity contribution in [3.63, 3.8) is 0 Å². The molecular formula is C19H17N3O2S3. The first-order valence-corrected chi connectivity index (χ1v) is 10.4. The van der Waals surface area contributed by atoms with Crippen LogP contribution in [0.5, 0.6) is 0 Å². The molecule has 8 heteroatoms. The summed E-state index contributed by atoms with van der Waals surface area (Å²) in [5, 5.41) is 7.31. The Kier molecular flexibility index (Phi) is 6.20. The topological polar surface area (TPSA) is 64.0 Å². The van der Waals surface area contributed by atoms with E-state index in [1.165, 1.54) is 30.0 Å². The maximum absolute atomic E-state index is 12.3. The Morgan fingerprint density at radius 3 is 2.63 bits per heavy atom. The van der Waals surface area contributed by atoms with Gasteiger partial charge in [-0.2, -0.15) is 0 Å². The average molecular weight is 416 g/mol. The van der Waals surface area contributed by atoms with Crippen LogP contribution in [0.4, 0.5) is 5.69 Å². The van der Waals surface area contributed by atoms with E-state index in [4.69, 9.17) is 12.2 Å². The lowest BCUT2D eigenvalue weighted by molar-refractivity contribution is -0.113. The van der Waals surface area contributed by atoms with Crippen molar-refractivity contribution in [2.75, 3.05) is 11.1 Å². The minimum Gasteiger partial charge on any atom is -0.325 e. The van der Waals surface area contributed by atoms with E-state index in [1.807, 2.05) is 31.2 Å². The number of benzene rings is 2. The molecule has 0 unspecified atom stereocenters. The van der Waals surface area contributed by atoms with Crippen LogP contribution < -0.4 is 5.32 Å². The number of aromatic nitrogens is 2. The summed E-state index contributed by atoms with van der Waals surface area (Å²) in [6, 6.07) is 14.8. The van der Waals surface area contributed by atoms with Crippen LogP contribution >= 0.6 is 35.3 Å². The largest absolute Gasteiger partial charge is 0.325 e. The Balaban J connectivity index is 1.69. The molecule has 0 aliphatic rings. The smallest absolute Gasteiger partial charge is 0.234 e. The van der Waals surface area contributed by atoms with E-state index < -0.39 is 0 Å². The Morgan fingerprint density at radius 1 is 1.19 bits per heavy atom. The van der Waals surface area contributed by atoms with Crippen molar-refractivity contribution in [2.45, 2.75) is 18.2 Å². The Labute approximate surface area is 170 Å². The van der Waals surface area contributed by atoms with Gasteiger partial charge >= 0.3 is 0 Å². The number of hydrogen-bond acceptors (Lipinski definition) is 6. The molecule has 0 radical (unpaired) electrons. The van der Waals surface area contributed by atoms with E-state index in [-0.39, 0.29) is 17.4 Å². The summed E-state index contributed by atoms with van der Waals surface area (Å²) < 4.78 is 3.08. The van der Waals surface area contributed by atoms with E-state index in [9.17, 15) is 9.59 Å². The van der Waals surface area contributed by atoms with Gasteiger partial charge in [-0.25, -0.2) is 4.68 Å². The quantitative estimate of drug-likeness (QED) is 0.352. The van der Waals surface area contributed by atoms with Crippen LogP contribution in [0.3, 0.4) is 0 Å². The van der Waals surface area contributed by atoms with Crippen molar-refractivity contribution in [1.29, 1.82) is 0 Å². The molecule has 1 amide bonds. The van der Waals surface area contributed by atoms with E-state index in [0.717, 1.165) is 15.6 Å². The number of para-hydroxylation sites is 2. The van der Waals surface area contributed by atoms with Crippen LogP contribution in [0.2, 0.25) is 0 Å². The first-order chi connectivity index (χ1) is 13.0. The Bertz CT molecular complexity index is 1060. The number of aryl methyl sites for hydroxylation is 1. The van der Waals surface area contributed by atoms with E-state index >= 15 is 0 Å². The van der Waals surface area contributed by atoms with Crippen molar-refractivity contribution in [1.82, 2.24) is 9.78 Å². The number of carbonyl (C=O) groups excluding carboxylic acids is 2. The predicted molar refractivity (Wildman–Crippen MR) is 113 cm³/mol. The highest BCUT2D eigenvalue weighted by atomic mass is 32.2. The maximum Gasteiger partial charge on any atom is 0.234 e. The second kappa shape index (κ2) is 8.60. The molecule has 0 aliphatic heterocycles. The summed E-state index contributed by atoms with van der Waals surface area (Å²) in [5.74, 6) is -0.104. The standard InChI is InChI=1S/C19H17N3O2S3/c1-12-7-3-6-10-16(12)22-19(25)27-18(21-22)26-11-17(24)20-15-9-5-4-8-14(15)13(2)23/h3-10H,11H2,1-2H3,(H,20,24). The molecular weight excluding hydrogens is 398 g/mol. The van der Waals surface area contributed by atoms with Gasteiger partial charge in [-0.15, -0.1) is 5.10 Å². The van der Waals surface area contributed by atoms with Gasteiger partial charge in [0.25, 0.3) is 0 Å². The van der Waals surface area contributed by atoms with Crippen LogP contribution in [0, 0.1) is 10.9 Å². The predicted octanol–water partition coefficient (Wildman–Crippen LogP) is 4.91. The van der Waals surface area contributed by atoms with Gasteiger partial charge in [0.05, 0.1) is 17.1 Å². The lowest BCUT2D eigenvalue weighted by Crippen LogP contribution is -2.16. The van der Waals surface area contributed by atoms with Gasteiger partial charge in [0.2, 0.25) is 5.91 Å². The third kappa shape index (κ3) is 4.71. The van der Waals surface area contributed by atoms with Crippen molar-refractivity contribution in [2.24, 2.45) is 0 Å². The molecule has 1 aromatic heterocycles. The number of ketones is 1. The van der Waals surface area contributed by atoms with Crippen molar-refractivity contribution in [3.05, 3.63) is 63.6 Å². The number of Topliss-reactive ketones (excluding diaryl/α,β-unsaturated/α-hetero) is 1. The fraction of sp³-hybridized carbons (Fsp3) is 0.158. The molecule has 1 heterocycles. The third-order valence-corrected chi connectivity index (χ3v) is 6.15. The van der Waals surface area contributed by atoms with Crippen molar-refractivity contribution < 1.29 is 9.59 Å². The number of amides is 1. The number of anilines is 1. The number of rotatable bonds is 6. The molecule has 0 saturated carbocycles. The number of hydrogen-bond donors (Lipinski definition) is 1. The highest BCUT2D eigenvalue weighted by Gasteiger charge is 2.12. The number of nitrogens with zero attached hydrogens (tertiary/aromatic N) is 2. The Morgan fingerprint density at radius 2 is 1.89 bits per heavy atom. The van der Waals surface area contributed by atoms with Gasteiger partial charge < -0.3 is 5.32 Å². The van der Waals surface area contributed by atoms with E-state index in [0.29, 0.717) is 15.2 Å². The highest BCUT2D eigenvalue weighted by Crippen LogP contribution is 2.25. The zero-order chi connectivity index (χ0) is 19.4. The van der Waals surface area contributed by atoms with E-state index in [2.05, 4.69) is 10.4 Å². The lowest BCUT2D eigenvalue weighted by atomic mass is 10.1. The third-order valence-electron chi connectivity index (χ3n) is 3.78. The molecule has 3 aromatic rings. The first kappa shape index (κ1) is 19.5. The van der Waals surface area contributed by atoms with Gasteiger partial charge in [-0.3, -0.25) is 9.59 Å². The number of carbonyl (C=O) groups is 2. The minimum absolute atomic E-state index is 0.0894. The van der Waals surface area contributed by atoms with Crippen molar-refractivity contribution >= 4 is 52.7 Å². The molecule has 138 valence electrons. The second-order valence-corrected chi connectivity index (χ2v) is 8.62. The van der Waals surface area contributed by atoms with Crippen LogP contribution in [-0.4, -0.2) is 27.2 Å². The number of thioether (sulfide) groups is 1. The average Bonchev–Trinajstić information content (AvgIpc) is 3.01.